The van der Waals surface area contributed by atoms with Gasteiger partial charge in [0.05, 0.1) is 0 Å². The van der Waals surface area contributed by atoms with Crippen LogP contribution in [-0.2, 0) is 0 Å². The molecule has 1 fully saturated rings. The smallest absolute Gasteiger partial charge is 0.191 e. The highest BCUT2D eigenvalue weighted by molar-refractivity contribution is 7.99. The molecule has 7 heteroatoms. The summed E-state index contributed by atoms with van der Waals surface area (Å²) in [6, 6.07) is 1.88. The van der Waals surface area contributed by atoms with Crippen LogP contribution >= 0.6 is 11.8 Å². The second-order valence-electron chi connectivity index (χ2n) is 5.48. The first-order chi connectivity index (χ1) is 10.1. The highest BCUT2D eigenvalue weighted by Crippen LogP contribution is 2.26. The molecule has 21 heavy (non-hydrogen) atoms. The van der Waals surface area contributed by atoms with E-state index < -0.39 is 0 Å². The minimum absolute atomic E-state index is 0.0736. The van der Waals surface area contributed by atoms with E-state index in [1.807, 2.05) is 0 Å². The number of hydrogen-bond acceptors (Lipinski definition) is 7. The molecule has 1 aliphatic rings. The van der Waals surface area contributed by atoms with Gasteiger partial charge in [-0.3, -0.25) is 0 Å². The van der Waals surface area contributed by atoms with Crippen LogP contribution in [0, 0.1) is 5.92 Å². The number of anilines is 2. The van der Waals surface area contributed by atoms with E-state index in [1.54, 1.807) is 17.8 Å². The van der Waals surface area contributed by atoms with Gasteiger partial charge < -0.3 is 21.5 Å². The number of aliphatic hydroxyl groups excluding tert-OH is 1. The Balaban J connectivity index is 2.05. The van der Waals surface area contributed by atoms with Crippen LogP contribution in [0.3, 0.4) is 0 Å². The van der Waals surface area contributed by atoms with Crippen molar-refractivity contribution in [3.05, 3.63) is 6.07 Å². The Morgan fingerprint density at radius 3 is 2.95 bits per heavy atom. The molecule has 2 atom stereocenters. The number of nitrogen functional groups attached to an aromatic ring is 1. The summed E-state index contributed by atoms with van der Waals surface area (Å²) in [4.78, 5) is 11.0. The fourth-order valence-electron chi connectivity index (χ4n) is 2.52. The highest BCUT2D eigenvalue weighted by Gasteiger charge is 2.30. The Bertz CT molecular complexity index is 459. The van der Waals surface area contributed by atoms with E-state index in [0.717, 1.165) is 49.1 Å². The van der Waals surface area contributed by atoms with Crippen LogP contribution in [0.1, 0.15) is 26.2 Å². The van der Waals surface area contributed by atoms with Crippen molar-refractivity contribution >= 4 is 23.4 Å². The fourth-order valence-corrected chi connectivity index (χ4v) is 3.46. The minimum atomic E-state index is 0.0736. The van der Waals surface area contributed by atoms with Gasteiger partial charge in [-0.2, -0.15) is 0 Å². The van der Waals surface area contributed by atoms with Crippen LogP contribution in [0.2, 0.25) is 0 Å². The first-order valence-electron chi connectivity index (χ1n) is 7.52. The zero-order valence-electron chi connectivity index (χ0n) is 12.5. The summed E-state index contributed by atoms with van der Waals surface area (Å²) in [5.74, 6) is 2.66. The molecule has 0 aliphatic carbocycles. The van der Waals surface area contributed by atoms with Crippen LogP contribution in [0.15, 0.2) is 11.2 Å². The van der Waals surface area contributed by atoms with Gasteiger partial charge in [-0.15, -0.1) is 0 Å². The average molecular weight is 311 g/mol. The molecule has 1 aromatic rings. The SMILES string of the molecule is CCCCSc1nc(N)cc(N2C[C@H](CCO)[C@@H](N)C2)n1. The molecule has 0 amide bonds. The zero-order valence-corrected chi connectivity index (χ0v) is 13.4. The van der Waals surface area contributed by atoms with Gasteiger partial charge in [-0.1, -0.05) is 25.1 Å². The predicted octanol–water partition coefficient (Wildman–Crippen LogP) is 1.10. The van der Waals surface area contributed by atoms with E-state index in [1.165, 1.54) is 0 Å². The van der Waals surface area contributed by atoms with Crippen LogP contribution in [-0.4, -0.2) is 46.6 Å². The number of aliphatic hydroxyl groups is 1. The Morgan fingerprint density at radius 2 is 2.24 bits per heavy atom. The standard InChI is InChI=1S/C14H25N5OS/c1-2-3-6-21-14-17-12(16)7-13(18-14)19-8-10(4-5-20)11(15)9-19/h7,10-11,20H,2-6,8-9,15H2,1H3,(H2,16,17,18)/t10-,11-/m0/s1. The van der Waals surface area contributed by atoms with Gasteiger partial charge in [0.15, 0.2) is 5.16 Å². The van der Waals surface area contributed by atoms with Crippen molar-refractivity contribution in [3.63, 3.8) is 0 Å². The van der Waals surface area contributed by atoms with Crippen molar-refractivity contribution in [3.8, 4) is 0 Å². The molecule has 0 saturated carbocycles. The number of rotatable bonds is 7. The molecule has 2 rings (SSSR count). The number of thioether (sulfide) groups is 1. The molecule has 2 heterocycles. The van der Waals surface area contributed by atoms with E-state index in [9.17, 15) is 0 Å². The van der Waals surface area contributed by atoms with Crippen molar-refractivity contribution < 1.29 is 5.11 Å². The quantitative estimate of drug-likeness (QED) is 0.394. The molecule has 118 valence electrons. The normalized spacial score (nSPS) is 22.0. The Labute approximate surface area is 130 Å². The lowest BCUT2D eigenvalue weighted by atomic mass is 10.0. The first kappa shape index (κ1) is 16.3. The summed E-state index contributed by atoms with van der Waals surface area (Å²) < 4.78 is 0. The maximum Gasteiger partial charge on any atom is 0.191 e. The Hall–Kier alpha value is -1.05. The van der Waals surface area contributed by atoms with Crippen molar-refractivity contribution in [2.45, 2.75) is 37.4 Å². The summed E-state index contributed by atoms with van der Waals surface area (Å²) in [7, 11) is 0. The van der Waals surface area contributed by atoms with Gasteiger partial charge in [0.25, 0.3) is 0 Å². The molecular formula is C14H25N5OS. The highest BCUT2D eigenvalue weighted by atomic mass is 32.2. The summed E-state index contributed by atoms with van der Waals surface area (Å²) in [6.45, 7) is 3.91. The van der Waals surface area contributed by atoms with Crippen molar-refractivity contribution in [1.82, 2.24) is 9.97 Å². The lowest BCUT2D eigenvalue weighted by Crippen LogP contribution is -2.30. The number of unbranched alkanes of at least 4 members (excludes halogenated alkanes) is 1. The van der Waals surface area contributed by atoms with Gasteiger partial charge in [0, 0.05) is 37.6 Å². The maximum absolute atomic E-state index is 9.09. The van der Waals surface area contributed by atoms with Gasteiger partial charge in [-0.25, -0.2) is 9.97 Å². The summed E-state index contributed by atoms with van der Waals surface area (Å²) in [6.07, 6.45) is 3.04. The molecule has 0 spiro atoms. The molecular weight excluding hydrogens is 286 g/mol. The third-order valence-corrected chi connectivity index (χ3v) is 4.69. The summed E-state index contributed by atoms with van der Waals surface area (Å²) in [5.41, 5.74) is 12.0. The van der Waals surface area contributed by atoms with E-state index in [2.05, 4.69) is 21.8 Å². The topological polar surface area (TPSA) is 101 Å². The van der Waals surface area contributed by atoms with Gasteiger partial charge in [0.2, 0.25) is 0 Å². The first-order valence-corrected chi connectivity index (χ1v) is 8.51. The Morgan fingerprint density at radius 1 is 1.43 bits per heavy atom. The van der Waals surface area contributed by atoms with Crippen LogP contribution in [0.4, 0.5) is 11.6 Å². The van der Waals surface area contributed by atoms with E-state index >= 15 is 0 Å². The number of nitrogens with two attached hydrogens (primary N) is 2. The van der Waals surface area contributed by atoms with E-state index in [-0.39, 0.29) is 12.6 Å². The minimum Gasteiger partial charge on any atom is -0.396 e. The monoisotopic (exact) mass is 311 g/mol. The Kier molecular flexibility index (Phi) is 6.08. The van der Waals surface area contributed by atoms with Crippen LogP contribution in [0.5, 0.6) is 0 Å². The van der Waals surface area contributed by atoms with Gasteiger partial charge in [-0.05, 0) is 18.8 Å². The molecule has 6 nitrogen and oxygen atoms in total. The van der Waals surface area contributed by atoms with Crippen molar-refractivity contribution in [2.24, 2.45) is 11.7 Å². The molecule has 5 N–H and O–H groups in total. The molecule has 1 aromatic heterocycles. The zero-order chi connectivity index (χ0) is 15.2. The van der Waals surface area contributed by atoms with E-state index in [0.29, 0.717) is 11.7 Å². The van der Waals surface area contributed by atoms with Gasteiger partial charge in [0.1, 0.15) is 11.6 Å². The summed E-state index contributed by atoms with van der Waals surface area (Å²) >= 11 is 1.64. The fraction of sp³-hybridized carbons (Fsp3) is 0.714. The van der Waals surface area contributed by atoms with Crippen LogP contribution < -0.4 is 16.4 Å². The lowest BCUT2D eigenvalue weighted by Gasteiger charge is -2.18. The largest absolute Gasteiger partial charge is 0.396 e. The molecule has 1 saturated heterocycles. The van der Waals surface area contributed by atoms with Crippen molar-refractivity contribution in [1.29, 1.82) is 0 Å². The van der Waals surface area contributed by atoms with E-state index in [4.69, 9.17) is 16.6 Å². The number of nitrogens with zero attached hydrogens (tertiary/aromatic N) is 3. The third-order valence-electron chi connectivity index (χ3n) is 3.76. The summed E-state index contributed by atoms with van der Waals surface area (Å²) in [5, 5.41) is 9.82. The number of hydrogen-bond donors (Lipinski definition) is 3. The third kappa shape index (κ3) is 4.46. The second-order valence-corrected chi connectivity index (χ2v) is 6.54. The lowest BCUT2D eigenvalue weighted by molar-refractivity contribution is 0.257. The molecule has 0 radical (unpaired) electrons. The molecule has 0 aromatic carbocycles. The molecule has 0 bridgehead atoms. The molecule has 0 unspecified atom stereocenters. The average Bonchev–Trinajstić information content (AvgIpc) is 2.81. The predicted molar refractivity (Wildman–Crippen MR) is 87.5 cm³/mol. The second kappa shape index (κ2) is 7.82. The molecule has 1 aliphatic heterocycles. The van der Waals surface area contributed by atoms with Gasteiger partial charge >= 0.3 is 0 Å². The van der Waals surface area contributed by atoms with Crippen LogP contribution in [0.25, 0.3) is 0 Å². The maximum atomic E-state index is 9.09. The number of aromatic nitrogens is 2. The van der Waals surface area contributed by atoms with Crippen molar-refractivity contribution in [2.75, 3.05) is 36.1 Å².